The van der Waals surface area contributed by atoms with Crippen molar-refractivity contribution in [1.82, 2.24) is 19.8 Å². The van der Waals surface area contributed by atoms with E-state index in [0.29, 0.717) is 6.54 Å². The molecule has 4 aromatic rings. The van der Waals surface area contributed by atoms with Gasteiger partial charge in [-0.15, -0.1) is 0 Å². The van der Waals surface area contributed by atoms with Gasteiger partial charge in [0.05, 0.1) is 0 Å². The fraction of sp³-hybridized carbons (Fsp3) is 0.375. The first-order valence-electron chi connectivity index (χ1n) is 13.7. The Morgan fingerprint density at radius 2 is 1.64 bits per heavy atom. The Balaban J connectivity index is 1.28. The summed E-state index contributed by atoms with van der Waals surface area (Å²) in [6.45, 7) is 10.6. The highest BCUT2D eigenvalue weighted by atomic mass is 16.6. The van der Waals surface area contributed by atoms with Crippen molar-refractivity contribution < 1.29 is 9.53 Å². The molecule has 0 spiro atoms. The van der Waals surface area contributed by atoms with E-state index in [1.54, 1.807) is 11.9 Å². The minimum absolute atomic E-state index is 0.296. The number of rotatable bonds is 6. The number of ether oxygens (including phenoxy) is 1. The largest absolute Gasteiger partial charge is 0.444 e. The van der Waals surface area contributed by atoms with Gasteiger partial charge in [0, 0.05) is 74.4 Å². The van der Waals surface area contributed by atoms with Gasteiger partial charge in [-0.3, -0.25) is 0 Å². The Bertz CT molecular complexity index is 1410. The van der Waals surface area contributed by atoms with E-state index in [1.165, 1.54) is 16.8 Å². The number of carbonyl (C=O) groups is 1. The Hall–Kier alpha value is -3.84. The number of H-pyrrole nitrogens is 1. The molecule has 0 aliphatic carbocycles. The molecule has 1 saturated heterocycles. The number of piperazine rings is 1. The van der Waals surface area contributed by atoms with Crippen LogP contribution in [0.15, 0.2) is 67.0 Å². The van der Waals surface area contributed by atoms with Crippen LogP contribution in [0.3, 0.4) is 0 Å². The average molecular weight is 526 g/mol. The predicted octanol–water partition coefficient (Wildman–Crippen LogP) is 6.06. The van der Waals surface area contributed by atoms with Crippen LogP contribution in [0.25, 0.3) is 33.3 Å². The normalized spacial score (nSPS) is 14.5. The van der Waals surface area contributed by atoms with Crippen LogP contribution in [0.1, 0.15) is 26.3 Å². The lowest BCUT2D eigenvalue weighted by atomic mass is 10.0. The molecule has 2 aromatic heterocycles. The number of likely N-dealkylation sites (N-methyl/N-ethyl adjacent to an activating group) is 2. The molecule has 204 valence electrons. The van der Waals surface area contributed by atoms with Crippen LogP contribution in [0.2, 0.25) is 0 Å². The first kappa shape index (κ1) is 26.8. The molecule has 39 heavy (non-hydrogen) atoms. The fourth-order valence-corrected chi connectivity index (χ4v) is 4.91. The van der Waals surface area contributed by atoms with Gasteiger partial charge in [-0.1, -0.05) is 36.4 Å². The third-order valence-corrected chi connectivity index (χ3v) is 7.31. The molecule has 1 fully saturated rings. The van der Waals surface area contributed by atoms with Crippen molar-refractivity contribution in [1.29, 1.82) is 0 Å². The van der Waals surface area contributed by atoms with Crippen LogP contribution in [0, 0.1) is 0 Å². The summed E-state index contributed by atoms with van der Waals surface area (Å²) in [7, 11) is 3.96. The van der Waals surface area contributed by atoms with Crippen LogP contribution in [0.4, 0.5) is 10.5 Å². The highest BCUT2D eigenvalue weighted by Gasteiger charge is 2.19. The average Bonchev–Trinajstić information content (AvgIpc) is 3.35. The summed E-state index contributed by atoms with van der Waals surface area (Å²) in [4.78, 5) is 26.7. The summed E-state index contributed by atoms with van der Waals surface area (Å²) >= 11 is 0. The maximum atomic E-state index is 12.2. The second kappa shape index (κ2) is 11.1. The Morgan fingerprint density at radius 1 is 0.974 bits per heavy atom. The zero-order valence-electron chi connectivity index (χ0n) is 23.7. The third kappa shape index (κ3) is 6.42. The molecule has 7 nitrogen and oxygen atoms in total. The molecule has 1 aliphatic rings. The smallest absolute Gasteiger partial charge is 0.410 e. The summed E-state index contributed by atoms with van der Waals surface area (Å²) in [6.07, 6.45) is 4.44. The van der Waals surface area contributed by atoms with Crippen molar-refractivity contribution in [2.75, 3.05) is 51.7 Å². The molecule has 7 heteroatoms. The molecule has 1 amide bonds. The summed E-state index contributed by atoms with van der Waals surface area (Å²) in [5.41, 5.74) is 7.38. The van der Waals surface area contributed by atoms with Gasteiger partial charge in [0.15, 0.2) is 0 Å². The van der Waals surface area contributed by atoms with Crippen molar-refractivity contribution >= 4 is 22.8 Å². The number of pyridine rings is 1. The van der Waals surface area contributed by atoms with E-state index < -0.39 is 5.60 Å². The van der Waals surface area contributed by atoms with Crippen LogP contribution in [0.5, 0.6) is 0 Å². The predicted molar refractivity (Wildman–Crippen MR) is 159 cm³/mol. The minimum atomic E-state index is -0.491. The van der Waals surface area contributed by atoms with Gasteiger partial charge < -0.3 is 24.4 Å². The number of nitrogens with zero attached hydrogens (tertiary/aromatic N) is 4. The van der Waals surface area contributed by atoms with Gasteiger partial charge in [0.2, 0.25) is 0 Å². The number of amides is 1. The van der Waals surface area contributed by atoms with Gasteiger partial charge in [0.25, 0.3) is 0 Å². The van der Waals surface area contributed by atoms with E-state index >= 15 is 0 Å². The van der Waals surface area contributed by atoms with Gasteiger partial charge in [-0.25, -0.2) is 9.78 Å². The van der Waals surface area contributed by atoms with Crippen LogP contribution >= 0.6 is 0 Å². The number of aromatic amines is 1. The number of nitrogens with one attached hydrogen (secondary N) is 1. The second-order valence-electron chi connectivity index (χ2n) is 11.5. The minimum Gasteiger partial charge on any atom is -0.444 e. The number of hydrogen-bond acceptors (Lipinski definition) is 5. The first-order chi connectivity index (χ1) is 18.7. The maximum absolute atomic E-state index is 12.2. The maximum Gasteiger partial charge on any atom is 0.410 e. The molecule has 1 aliphatic heterocycles. The second-order valence-corrected chi connectivity index (χ2v) is 11.5. The zero-order valence-corrected chi connectivity index (χ0v) is 23.7. The quantitative estimate of drug-likeness (QED) is 0.332. The standard InChI is InChI=1S/C32H39N5O2/c1-32(2,3)39-31(38)36(5)15-14-23-6-8-25(9-7-23)29-22-34-30-28(29)20-26(21-33-30)24-10-12-27(13-11-24)37-18-16-35(4)17-19-37/h6-13,20-22H,14-19H2,1-5H3,(H,33,34). The van der Waals surface area contributed by atoms with Crippen molar-refractivity contribution in [3.05, 3.63) is 72.6 Å². The molecule has 1 N–H and O–H groups in total. The highest BCUT2D eigenvalue weighted by molar-refractivity contribution is 5.95. The lowest BCUT2D eigenvalue weighted by molar-refractivity contribution is 0.0301. The molecular weight excluding hydrogens is 486 g/mol. The van der Waals surface area contributed by atoms with E-state index in [9.17, 15) is 4.79 Å². The van der Waals surface area contributed by atoms with Gasteiger partial charge in [-0.2, -0.15) is 0 Å². The highest BCUT2D eigenvalue weighted by Crippen LogP contribution is 2.32. The molecule has 0 atom stereocenters. The zero-order chi connectivity index (χ0) is 27.6. The number of carbonyl (C=O) groups excluding carboxylic acids is 1. The molecule has 0 radical (unpaired) electrons. The third-order valence-electron chi connectivity index (χ3n) is 7.31. The summed E-state index contributed by atoms with van der Waals surface area (Å²) in [5.74, 6) is 0. The molecule has 0 unspecified atom stereocenters. The molecule has 3 heterocycles. The monoisotopic (exact) mass is 525 g/mol. The molecule has 0 bridgehead atoms. The fourth-order valence-electron chi connectivity index (χ4n) is 4.91. The van der Waals surface area contributed by atoms with Crippen LogP contribution in [-0.2, 0) is 11.2 Å². The summed E-state index contributed by atoms with van der Waals surface area (Å²) < 4.78 is 5.45. The van der Waals surface area contributed by atoms with Gasteiger partial charge in [0.1, 0.15) is 11.2 Å². The molecule has 2 aromatic carbocycles. The summed E-state index contributed by atoms with van der Waals surface area (Å²) in [6, 6.07) is 19.6. The first-order valence-corrected chi connectivity index (χ1v) is 13.7. The van der Waals surface area contributed by atoms with E-state index in [1.807, 2.05) is 33.2 Å². The van der Waals surface area contributed by atoms with E-state index in [-0.39, 0.29) is 6.09 Å². The lowest BCUT2D eigenvalue weighted by Gasteiger charge is -2.34. The number of benzene rings is 2. The van der Waals surface area contributed by atoms with E-state index in [2.05, 4.69) is 76.4 Å². The number of anilines is 1. The Morgan fingerprint density at radius 3 is 2.31 bits per heavy atom. The SMILES string of the molecule is CN1CCN(c2ccc(-c3cnc4[nH]cc(-c5ccc(CCN(C)C(=O)OC(C)(C)C)cc5)c4c3)cc2)CC1. The topological polar surface area (TPSA) is 64.7 Å². The van der Waals surface area contributed by atoms with E-state index in [4.69, 9.17) is 9.72 Å². The molecule has 5 rings (SSSR count). The van der Waals surface area contributed by atoms with Crippen molar-refractivity contribution in [2.45, 2.75) is 32.8 Å². The number of aromatic nitrogens is 2. The van der Waals surface area contributed by atoms with Gasteiger partial charge in [-0.05, 0) is 69.1 Å². The number of fused-ring (bicyclic) bond motifs is 1. The Labute approximate surface area is 231 Å². The molecule has 0 saturated carbocycles. The Kier molecular flexibility index (Phi) is 7.62. The lowest BCUT2D eigenvalue weighted by Crippen LogP contribution is -2.44. The van der Waals surface area contributed by atoms with Crippen LogP contribution < -0.4 is 4.90 Å². The summed E-state index contributed by atoms with van der Waals surface area (Å²) in [5, 5.41) is 1.10. The van der Waals surface area contributed by atoms with Crippen molar-refractivity contribution in [2.24, 2.45) is 0 Å². The van der Waals surface area contributed by atoms with Gasteiger partial charge >= 0.3 is 6.09 Å². The molecular formula is C32H39N5O2. The van der Waals surface area contributed by atoms with Crippen molar-refractivity contribution in [3.8, 4) is 22.3 Å². The van der Waals surface area contributed by atoms with Crippen LogP contribution in [-0.4, -0.2) is 78.3 Å². The number of hydrogen-bond donors (Lipinski definition) is 1. The van der Waals surface area contributed by atoms with Crippen molar-refractivity contribution in [3.63, 3.8) is 0 Å². The van der Waals surface area contributed by atoms with E-state index in [0.717, 1.165) is 60.3 Å².